The standard InChI is InChI=1S/C12H20N2O4S/c1-8-4-10(13)9(2)11(5-8)19(17,18)14-12(3,6-15)7-16/h4-5,14-16H,6-7,13H2,1-3H3. The second kappa shape index (κ2) is 5.46. The Balaban J connectivity index is 3.29. The lowest BCUT2D eigenvalue weighted by Gasteiger charge is -2.26. The van der Waals surface area contributed by atoms with Crippen LogP contribution in [-0.2, 0) is 10.0 Å². The van der Waals surface area contributed by atoms with Gasteiger partial charge in [-0.25, -0.2) is 13.1 Å². The molecule has 1 aromatic carbocycles. The smallest absolute Gasteiger partial charge is 0.241 e. The maximum absolute atomic E-state index is 12.3. The minimum absolute atomic E-state index is 0.0538. The summed E-state index contributed by atoms with van der Waals surface area (Å²) in [5.41, 5.74) is 5.99. The number of aliphatic hydroxyl groups is 2. The lowest BCUT2D eigenvalue weighted by Crippen LogP contribution is -2.51. The molecule has 0 unspecified atom stereocenters. The van der Waals surface area contributed by atoms with E-state index in [-0.39, 0.29) is 4.90 Å². The highest BCUT2D eigenvalue weighted by atomic mass is 32.2. The van der Waals surface area contributed by atoms with Crippen molar-refractivity contribution in [2.24, 2.45) is 0 Å². The third kappa shape index (κ3) is 3.44. The van der Waals surface area contributed by atoms with Gasteiger partial charge in [0.2, 0.25) is 10.0 Å². The number of sulfonamides is 1. The molecule has 1 rings (SSSR count). The van der Waals surface area contributed by atoms with E-state index in [2.05, 4.69) is 4.72 Å². The van der Waals surface area contributed by atoms with E-state index in [1.807, 2.05) is 0 Å². The zero-order chi connectivity index (χ0) is 14.8. The molecule has 0 fully saturated rings. The van der Waals surface area contributed by atoms with E-state index in [1.165, 1.54) is 13.0 Å². The molecule has 0 spiro atoms. The van der Waals surface area contributed by atoms with Gasteiger partial charge in [-0.2, -0.15) is 0 Å². The van der Waals surface area contributed by atoms with Crippen molar-refractivity contribution < 1.29 is 18.6 Å². The lowest BCUT2D eigenvalue weighted by molar-refractivity contribution is 0.121. The Morgan fingerprint density at radius 3 is 2.26 bits per heavy atom. The number of nitrogen functional groups attached to an aromatic ring is 1. The van der Waals surface area contributed by atoms with Crippen LogP contribution in [0, 0.1) is 13.8 Å². The largest absolute Gasteiger partial charge is 0.398 e. The molecule has 7 heteroatoms. The van der Waals surface area contributed by atoms with Gasteiger partial charge in [0.1, 0.15) is 0 Å². The van der Waals surface area contributed by atoms with Gasteiger partial charge in [0.15, 0.2) is 0 Å². The molecule has 0 amide bonds. The number of benzene rings is 1. The fourth-order valence-electron chi connectivity index (χ4n) is 1.63. The monoisotopic (exact) mass is 288 g/mol. The van der Waals surface area contributed by atoms with Gasteiger partial charge in [0.05, 0.1) is 23.6 Å². The Kier molecular flexibility index (Phi) is 4.57. The van der Waals surface area contributed by atoms with E-state index in [0.717, 1.165) is 5.56 Å². The van der Waals surface area contributed by atoms with Gasteiger partial charge in [0, 0.05) is 5.69 Å². The maximum Gasteiger partial charge on any atom is 0.241 e. The normalized spacial score (nSPS) is 12.7. The molecule has 1 aromatic rings. The number of aliphatic hydroxyl groups excluding tert-OH is 2. The summed E-state index contributed by atoms with van der Waals surface area (Å²) in [5, 5.41) is 18.3. The fraction of sp³-hybridized carbons (Fsp3) is 0.500. The minimum atomic E-state index is -3.87. The number of hydrogen-bond acceptors (Lipinski definition) is 5. The number of hydrogen-bond donors (Lipinski definition) is 4. The van der Waals surface area contributed by atoms with Crippen molar-refractivity contribution in [3.63, 3.8) is 0 Å². The van der Waals surface area contributed by atoms with Crippen LogP contribution >= 0.6 is 0 Å². The molecule has 19 heavy (non-hydrogen) atoms. The summed E-state index contributed by atoms with van der Waals surface area (Å²) < 4.78 is 26.9. The van der Waals surface area contributed by atoms with Crippen molar-refractivity contribution in [1.82, 2.24) is 4.72 Å². The highest BCUT2D eigenvalue weighted by Gasteiger charge is 2.30. The van der Waals surface area contributed by atoms with E-state index in [9.17, 15) is 8.42 Å². The topological polar surface area (TPSA) is 113 Å². The quantitative estimate of drug-likeness (QED) is 0.566. The number of aryl methyl sites for hydroxylation is 1. The van der Waals surface area contributed by atoms with E-state index in [4.69, 9.17) is 15.9 Å². The molecule has 0 saturated heterocycles. The summed E-state index contributed by atoms with van der Waals surface area (Å²) in [6.45, 7) is 3.75. The molecule has 0 aromatic heterocycles. The van der Waals surface area contributed by atoms with E-state index >= 15 is 0 Å². The minimum Gasteiger partial charge on any atom is -0.398 e. The Bertz CT molecular complexity index is 565. The molecule has 108 valence electrons. The molecule has 0 saturated carbocycles. The van der Waals surface area contributed by atoms with Crippen LogP contribution in [0.25, 0.3) is 0 Å². The molecule has 0 radical (unpaired) electrons. The van der Waals surface area contributed by atoms with Crippen molar-refractivity contribution in [3.8, 4) is 0 Å². The molecule has 0 atom stereocenters. The Morgan fingerprint density at radius 2 is 1.79 bits per heavy atom. The van der Waals surface area contributed by atoms with E-state index in [0.29, 0.717) is 11.3 Å². The predicted octanol–water partition coefficient (Wildman–Crippen LogP) is -0.0928. The van der Waals surface area contributed by atoms with Gasteiger partial charge < -0.3 is 15.9 Å². The highest BCUT2D eigenvalue weighted by Crippen LogP contribution is 2.24. The van der Waals surface area contributed by atoms with E-state index in [1.54, 1.807) is 19.9 Å². The second-order valence-electron chi connectivity index (χ2n) is 4.96. The average Bonchev–Trinajstić information content (AvgIpc) is 2.32. The maximum atomic E-state index is 12.3. The summed E-state index contributed by atoms with van der Waals surface area (Å²) in [6.07, 6.45) is 0. The van der Waals surface area contributed by atoms with Crippen LogP contribution in [0.5, 0.6) is 0 Å². The van der Waals surface area contributed by atoms with Crippen molar-refractivity contribution in [2.45, 2.75) is 31.2 Å². The molecule has 0 aliphatic carbocycles. The highest BCUT2D eigenvalue weighted by molar-refractivity contribution is 7.89. The first-order valence-electron chi connectivity index (χ1n) is 5.77. The van der Waals surface area contributed by atoms with Gasteiger partial charge in [-0.05, 0) is 44.0 Å². The zero-order valence-corrected chi connectivity index (χ0v) is 12.1. The third-order valence-electron chi connectivity index (χ3n) is 2.91. The molecule has 0 bridgehead atoms. The Labute approximate surface area is 113 Å². The van der Waals surface area contributed by atoms with Crippen molar-refractivity contribution in [3.05, 3.63) is 23.3 Å². The van der Waals surface area contributed by atoms with Crippen LogP contribution in [0.3, 0.4) is 0 Å². The van der Waals surface area contributed by atoms with Crippen LogP contribution in [0.2, 0.25) is 0 Å². The lowest BCUT2D eigenvalue weighted by atomic mass is 10.1. The van der Waals surface area contributed by atoms with Crippen LogP contribution in [0.1, 0.15) is 18.1 Å². The number of nitrogens with one attached hydrogen (secondary N) is 1. The number of rotatable bonds is 5. The fourth-order valence-corrected chi connectivity index (χ4v) is 3.38. The molecule has 0 heterocycles. The van der Waals surface area contributed by atoms with Gasteiger partial charge in [-0.3, -0.25) is 0 Å². The summed E-state index contributed by atoms with van der Waals surface area (Å²) in [5.74, 6) is 0. The molecule has 0 aliphatic rings. The molecular formula is C12H20N2O4S. The Morgan fingerprint density at radius 1 is 1.26 bits per heavy atom. The van der Waals surface area contributed by atoms with E-state index < -0.39 is 28.8 Å². The van der Waals surface area contributed by atoms with Crippen LogP contribution in [0.15, 0.2) is 17.0 Å². The van der Waals surface area contributed by atoms with Crippen molar-refractivity contribution >= 4 is 15.7 Å². The Hall–Kier alpha value is -1.15. The van der Waals surface area contributed by atoms with Crippen molar-refractivity contribution in [2.75, 3.05) is 18.9 Å². The van der Waals surface area contributed by atoms with Crippen LogP contribution < -0.4 is 10.5 Å². The first kappa shape index (κ1) is 15.9. The van der Waals surface area contributed by atoms with Crippen LogP contribution in [-0.4, -0.2) is 37.4 Å². The SMILES string of the molecule is Cc1cc(N)c(C)c(S(=O)(=O)NC(C)(CO)CO)c1. The van der Waals surface area contributed by atoms with Gasteiger partial charge in [0.25, 0.3) is 0 Å². The summed E-state index contributed by atoms with van der Waals surface area (Å²) in [4.78, 5) is 0.0538. The van der Waals surface area contributed by atoms with Gasteiger partial charge >= 0.3 is 0 Å². The first-order valence-corrected chi connectivity index (χ1v) is 7.26. The third-order valence-corrected chi connectivity index (χ3v) is 4.68. The average molecular weight is 288 g/mol. The molecule has 6 nitrogen and oxygen atoms in total. The molecular weight excluding hydrogens is 268 g/mol. The van der Waals surface area contributed by atoms with Gasteiger partial charge in [-0.15, -0.1) is 0 Å². The predicted molar refractivity (Wildman–Crippen MR) is 73.2 cm³/mol. The second-order valence-corrected chi connectivity index (χ2v) is 6.61. The molecule has 0 aliphatic heterocycles. The summed E-state index contributed by atoms with van der Waals surface area (Å²) in [7, 11) is -3.87. The van der Waals surface area contributed by atoms with Crippen LogP contribution in [0.4, 0.5) is 5.69 Å². The summed E-state index contributed by atoms with van der Waals surface area (Å²) >= 11 is 0. The number of nitrogens with two attached hydrogens (primary N) is 1. The number of anilines is 1. The van der Waals surface area contributed by atoms with Crippen molar-refractivity contribution in [1.29, 1.82) is 0 Å². The first-order chi connectivity index (χ1) is 8.65. The molecule has 5 N–H and O–H groups in total. The summed E-state index contributed by atoms with van der Waals surface area (Å²) in [6, 6.07) is 3.19. The van der Waals surface area contributed by atoms with Gasteiger partial charge in [-0.1, -0.05) is 0 Å². The zero-order valence-electron chi connectivity index (χ0n) is 11.3.